The zero-order valence-electron chi connectivity index (χ0n) is 9.23. The van der Waals surface area contributed by atoms with Crippen molar-refractivity contribution in [1.82, 2.24) is 9.97 Å². The molecule has 2 N–H and O–H groups in total. The van der Waals surface area contributed by atoms with Gasteiger partial charge in [-0.25, -0.2) is 4.98 Å². The van der Waals surface area contributed by atoms with E-state index in [2.05, 4.69) is 23.0 Å². The third kappa shape index (κ3) is 2.74. The number of anilines is 1. The number of aromatic nitrogens is 2. The molecule has 2 heterocycles. The van der Waals surface area contributed by atoms with Gasteiger partial charge in [0.15, 0.2) is 5.13 Å². The lowest BCUT2D eigenvalue weighted by atomic mass is 10.2. The topological polar surface area (TPSA) is 51.8 Å². The fourth-order valence-corrected chi connectivity index (χ4v) is 3.33. The van der Waals surface area contributed by atoms with Crippen molar-refractivity contribution >= 4 is 28.2 Å². The Morgan fingerprint density at radius 2 is 2.19 bits per heavy atom. The molecule has 0 aliphatic heterocycles. The van der Waals surface area contributed by atoms with Crippen molar-refractivity contribution in [3.05, 3.63) is 35.3 Å². The van der Waals surface area contributed by atoms with Crippen molar-refractivity contribution in [1.29, 1.82) is 0 Å². The third-order valence-corrected chi connectivity index (χ3v) is 4.49. The number of hydrogen-bond acceptors (Lipinski definition) is 5. The van der Waals surface area contributed by atoms with Crippen molar-refractivity contribution in [3.8, 4) is 0 Å². The van der Waals surface area contributed by atoms with Gasteiger partial charge in [-0.3, -0.25) is 4.98 Å². The molecule has 0 aliphatic rings. The average Bonchev–Trinajstić information content (AvgIpc) is 2.54. The molecule has 3 nitrogen and oxygen atoms in total. The molecule has 16 heavy (non-hydrogen) atoms. The Hall–Kier alpha value is -1.07. The van der Waals surface area contributed by atoms with Crippen LogP contribution in [0.4, 0.5) is 5.13 Å². The number of aryl methyl sites for hydroxylation is 2. The molecule has 2 aromatic heterocycles. The fourth-order valence-electron chi connectivity index (χ4n) is 1.38. The Kier molecular flexibility index (Phi) is 3.46. The number of rotatable bonds is 3. The van der Waals surface area contributed by atoms with E-state index in [0.717, 1.165) is 11.4 Å². The monoisotopic (exact) mass is 251 g/mol. The van der Waals surface area contributed by atoms with Gasteiger partial charge in [-0.05, 0) is 25.0 Å². The van der Waals surface area contributed by atoms with E-state index in [1.807, 2.05) is 19.3 Å². The minimum Gasteiger partial charge on any atom is -0.375 e. The van der Waals surface area contributed by atoms with E-state index >= 15 is 0 Å². The predicted molar refractivity (Wildman–Crippen MR) is 69.8 cm³/mol. The highest BCUT2D eigenvalue weighted by Gasteiger charge is 2.06. The van der Waals surface area contributed by atoms with Crippen LogP contribution in [0.3, 0.4) is 0 Å². The maximum atomic E-state index is 5.65. The van der Waals surface area contributed by atoms with Crippen LogP contribution >= 0.6 is 23.1 Å². The quantitative estimate of drug-likeness (QED) is 0.852. The first-order valence-corrected chi connectivity index (χ1v) is 6.71. The summed E-state index contributed by atoms with van der Waals surface area (Å²) in [7, 11) is 0. The summed E-state index contributed by atoms with van der Waals surface area (Å²) in [6.07, 6.45) is 3.77. The molecule has 0 unspecified atom stereocenters. The summed E-state index contributed by atoms with van der Waals surface area (Å²) in [6, 6.07) is 2.15. The molecular formula is C11H13N3S2. The molecule has 84 valence electrons. The highest BCUT2D eigenvalue weighted by molar-refractivity contribution is 8.00. The summed E-state index contributed by atoms with van der Waals surface area (Å²) in [4.78, 5) is 8.37. The van der Waals surface area contributed by atoms with E-state index in [4.69, 9.17) is 5.73 Å². The number of nitrogen functional groups attached to an aromatic ring is 1. The van der Waals surface area contributed by atoms with Crippen LogP contribution in [0.15, 0.2) is 22.7 Å². The Balaban J connectivity index is 2.05. The summed E-state index contributed by atoms with van der Waals surface area (Å²) in [5, 5.41) is 0.641. The van der Waals surface area contributed by atoms with Gasteiger partial charge in [-0.2, -0.15) is 0 Å². The van der Waals surface area contributed by atoms with Crippen molar-refractivity contribution in [2.24, 2.45) is 0 Å². The van der Waals surface area contributed by atoms with Crippen molar-refractivity contribution in [2.45, 2.75) is 23.8 Å². The first-order chi connectivity index (χ1) is 7.65. The van der Waals surface area contributed by atoms with Crippen molar-refractivity contribution in [3.63, 3.8) is 0 Å². The van der Waals surface area contributed by atoms with Gasteiger partial charge in [0.1, 0.15) is 0 Å². The maximum Gasteiger partial charge on any atom is 0.181 e. The standard InChI is InChI=1S/C11H13N3S2/c1-7-3-9(5-13-4-7)6-15-10-8(2)14-11(12)16-10/h3-5H,6H2,1-2H3,(H2,12,14). The molecule has 0 amide bonds. The van der Waals surface area contributed by atoms with Crippen molar-refractivity contribution in [2.75, 3.05) is 5.73 Å². The average molecular weight is 251 g/mol. The summed E-state index contributed by atoms with van der Waals surface area (Å²) >= 11 is 3.31. The molecule has 0 saturated carbocycles. The lowest BCUT2D eigenvalue weighted by Crippen LogP contribution is -1.84. The smallest absolute Gasteiger partial charge is 0.181 e. The predicted octanol–water partition coefficient (Wildman–Crippen LogP) is 3.03. The van der Waals surface area contributed by atoms with E-state index in [9.17, 15) is 0 Å². The van der Waals surface area contributed by atoms with Crippen LogP contribution < -0.4 is 5.73 Å². The Morgan fingerprint density at radius 1 is 1.38 bits per heavy atom. The first-order valence-electron chi connectivity index (χ1n) is 4.91. The summed E-state index contributed by atoms with van der Waals surface area (Å²) in [5.74, 6) is 0.914. The van der Waals surface area contributed by atoms with Crippen LogP contribution in [0.25, 0.3) is 0 Å². The zero-order valence-corrected chi connectivity index (χ0v) is 10.9. The maximum absolute atomic E-state index is 5.65. The van der Waals surface area contributed by atoms with Crippen LogP contribution in [-0.4, -0.2) is 9.97 Å². The Labute approximate surface area is 103 Å². The number of hydrogen-bond donors (Lipinski definition) is 1. The Bertz CT molecular complexity index is 494. The van der Waals surface area contributed by atoms with Gasteiger partial charge in [0.2, 0.25) is 0 Å². The minimum absolute atomic E-state index is 0.641. The van der Waals surface area contributed by atoms with Crippen LogP contribution in [0.5, 0.6) is 0 Å². The molecule has 0 fully saturated rings. The van der Waals surface area contributed by atoms with Crippen LogP contribution in [-0.2, 0) is 5.75 Å². The van der Waals surface area contributed by atoms with Crippen molar-refractivity contribution < 1.29 is 0 Å². The molecule has 0 aliphatic carbocycles. The molecule has 0 spiro atoms. The van der Waals surface area contributed by atoms with Crippen LogP contribution in [0.2, 0.25) is 0 Å². The largest absolute Gasteiger partial charge is 0.375 e. The molecule has 0 atom stereocenters. The number of nitrogens with zero attached hydrogens (tertiary/aromatic N) is 2. The molecule has 0 aromatic carbocycles. The molecular weight excluding hydrogens is 238 g/mol. The second-order valence-electron chi connectivity index (χ2n) is 3.58. The van der Waals surface area contributed by atoms with Gasteiger partial charge >= 0.3 is 0 Å². The van der Waals surface area contributed by atoms with Gasteiger partial charge in [0, 0.05) is 18.1 Å². The van der Waals surface area contributed by atoms with E-state index in [-0.39, 0.29) is 0 Å². The van der Waals surface area contributed by atoms with Gasteiger partial charge < -0.3 is 5.73 Å². The van der Waals surface area contributed by atoms with Gasteiger partial charge in [0.25, 0.3) is 0 Å². The molecule has 0 bridgehead atoms. The molecule has 2 aromatic rings. The lowest BCUT2D eigenvalue weighted by Gasteiger charge is -2.00. The number of thioether (sulfide) groups is 1. The molecule has 0 radical (unpaired) electrons. The fraction of sp³-hybridized carbons (Fsp3) is 0.273. The zero-order chi connectivity index (χ0) is 11.5. The molecule has 5 heteroatoms. The normalized spacial score (nSPS) is 10.6. The molecule has 2 rings (SSSR count). The van der Waals surface area contributed by atoms with Gasteiger partial charge in [0.05, 0.1) is 9.90 Å². The third-order valence-electron chi connectivity index (χ3n) is 2.07. The van der Waals surface area contributed by atoms with E-state index in [1.54, 1.807) is 23.1 Å². The summed E-state index contributed by atoms with van der Waals surface area (Å²) in [6.45, 7) is 4.04. The van der Waals surface area contributed by atoms with E-state index in [1.165, 1.54) is 15.3 Å². The van der Waals surface area contributed by atoms with Crippen LogP contribution in [0, 0.1) is 13.8 Å². The summed E-state index contributed by atoms with van der Waals surface area (Å²) < 4.78 is 1.19. The number of thiazole rings is 1. The highest BCUT2D eigenvalue weighted by Crippen LogP contribution is 2.32. The van der Waals surface area contributed by atoms with Gasteiger partial charge in [-0.15, -0.1) is 11.8 Å². The second-order valence-corrected chi connectivity index (χ2v) is 5.86. The highest BCUT2D eigenvalue weighted by atomic mass is 32.2. The SMILES string of the molecule is Cc1cncc(CSc2sc(N)nc2C)c1. The van der Waals surface area contributed by atoms with E-state index < -0.39 is 0 Å². The lowest BCUT2D eigenvalue weighted by molar-refractivity contribution is 1.19. The molecule has 0 saturated heterocycles. The minimum atomic E-state index is 0.641. The first kappa shape index (κ1) is 11.4. The van der Waals surface area contributed by atoms with Gasteiger partial charge in [-0.1, -0.05) is 17.4 Å². The number of nitrogens with two attached hydrogens (primary N) is 1. The van der Waals surface area contributed by atoms with Crippen LogP contribution in [0.1, 0.15) is 16.8 Å². The summed E-state index contributed by atoms with van der Waals surface area (Å²) in [5.41, 5.74) is 9.10. The van der Waals surface area contributed by atoms with E-state index in [0.29, 0.717) is 5.13 Å². The Morgan fingerprint density at radius 3 is 2.81 bits per heavy atom. The number of pyridine rings is 1. The second kappa shape index (κ2) is 4.84.